The first-order valence-corrected chi connectivity index (χ1v) is 7.22. The van der Waals surface area contributed by atoms with Crippen molar-refractivity contribution < 1.29 is 13.5 Å². The van der Waals surface area contributed by atoms with E-state index in [1.165, 1.54) is 0 Å². The van der Waals surface area contributed by atoms with Gasteiger partial charge in [-0.15, -0.1) is 0 Å². The maximum atomic E-state index is 13.9. The first-order valence-electron chi connectivity index (χ1n) is 7.22. The molecule has 6 heteroatoms. The average molecular weight is 285 g/mol. The minimum absolute atomic E-state index is 0.155. The Hall–Kier alpha value is -1.01. The Bertz CT molecular complexity index is 475. The molecule has 20 heavy (non-hydrogen) atoms. The van der Waals surface area contributed by atoms with Crippen molar-refractivity contribution >= 4 is 0 Å². The van der Waals surface area contributed by atoms with E-state index < -0.39 is 12.0 Å². The maximum Gasteiger partial charge on any atom is 0.276 e. The SMILES string of the molecule is CC(C)C1OC(CN2CCn3nccc3C2)CC1(F)F. The molecule has 4 nitrogen and oxygen atoms in total. The first kappa shape index (κ1) is 13.9. The van der Waals surface area contributed by atoms with Crippen LogP contribution < -0.4 is 0 Å². The predicted octanol–water partition coefficient (Wildman–Crippen LogP) is 2.15. The normalized spacial score (nSPS) is 29.9. The molecule has 1 aromatic heterocycles. The van der Waals surface area contributed by atoms with Crippen molar-refractivity contribution in [3.8, 4) is 0 Å². The van der Waals surface area contributed by atoms with Crippen LogP contribution in [0, 0.1) is 5.92 Å². The van der Waals surface area contributed by atoms with Crippen LogP contribution in [0.1, 0.15) is 26.0 Å². The summed E-state index contributed by atoms with van der Waals surface area (Å²) >= 11 is 0. The van der Waals surface area contributed by atoms with E-state index in [2.05, 4.69) is 10.00 Å². The van der Waals surface area contributed by atoms with Crippen molar-refractivity contribution in [2.24, 2.45) is 5.92 Å². The summed E-state index contributed by atoms with van der Waals surface area (Å²) in [4.78, 5) is 2.18. The monoisotopic (exact) mass is 285 g/mol. The van der Waals surface area contributed by atoms with Gasteiger partial charge in [-0.1, -0.05) is 13.8 Å². The second-order valence-electron chi connectivity index (χ2n) is 6.17. The third-order valence-electron chi connectivity index (χ3n) is 4.14. The average Bonchev–Trinajstić information content (AvgIpc) is 2.92. The molecule has 3 rings (SSSR count). The van der Waals surface area contributed by atoms with Crippen molar-refractivity contribution in [2.75, 3.05) is 13.1 Å². The van der Waals surface area contributed by atoms with Gasteiger partial charge in [-0.2, -0.15) is 5.10 Å². The number of hydrogen-bond acceptors (Lipinski definition) is 3. The summed E-state index contributed by atoms with van der Waals surface area (Å²) in [5, 5.41) is 4.22. The van der Waals surface area contributed by atoms with E-state index in [0.29, 0.717) is 6.54 Å². The number of hydrogen-bond donors (Lipinski definition) is 0. The van der Waals surface area contributed by atoms with Crippen molar-refractivity contribution in [1.29, 1.82) is 0 Å². The number of nitrogens with zero attached hydrogens (tertiary/aromatic N) is 3. The van der Waals surface area contributed by atoms with Gasteiger partial charge in [0.2, 0.25) is 0 Å². The lowest BCUT2D eigenvalue weighted by atomic mass is 10.0. The van der Waals surface area contributed by atoms with Crippen LogP contribution >= 0.6 is 0 Å². The molecule has 112 valence electrons. The predicted molar refractivity (Wildman–Crippen MR) is 70.6 cm³/mol. The zero-order valence-electron chi connectivity index (χ0n) is 11.9. The van der Waals surface area contributed by atoms with E-state index in [1.807, 2.05) is 10.7 Å². The standard InChI is InChI=1S/C14H21F2N3O/c1-10(2)13-14(15,16)7-12(20-13)9-18-5-6-19-11(8-18)3-4-17-19/h3-4,10,12-13H,5-9H2,1-2H3. The second kappa shape index (κ2) is 5.07. The largest absolute Gasteiger partial charge is 0.367 e. The van der Waals surface area contributed by atoms with Gasteiger partial charge >= 0.3 is 0 Å². The Labute approximate surface area is 117 Å². The molecule has 0 spiro atoms. The lowest BCUT2D eigenvalue weighted by Crippen LogP contribution is -2.39. The first-order chi connectivity index (χ1) is 9.45. The van der Waals surface area contributed by atoms with Gasteiger partial charge in [-0.05, 0) is 12.0 Å². The summed E-state index contributed by atoms with van der Waals surface area (Å²) < 4.78 is 35.4. The van der Waals surface area contributed by atoms with Gasteiger partial charge in [0.15, 0.2) is 0 Å². The molecule has 2 aliphatic rings. The van der Waals surface area contributed by atoms with Crippen LogP contribution in [0.15, 0.2) is 12.3 Å². The molecule has 3 heterocycles. The third kappa shape index (κ3) is 2.59. The molecule has 2 atom stereocenters. The van der Waals surface area contributed by atoms with E-state index in [1.54, 1.807) is 20.0 Å². The highest BCUT2D eigenvalue weighted by Crippen LogP contribution is 2.39. The molecular weight excluding hydrogens is 264 g/mol. The molecule has 0 bridgehead atoms. The van der Waals surface area contributed by atoms with Gasteiger partial charge in [-0.25, -0.2) is 8.78 Å². The van der Waals surface area contributed by atoms with E-state index in [-0.39, 0.29) is 18.4 Å². The van der Waals surface area contributed by atoms with E-state index in [4.69, 9.17) is 4.74 Å². The number of halogens is 2. The van der Waals surface area contributed by atoms with Crippen molar-refractivity contribution in [3.05, 3.63) is 18.0 Å². The Morgan fingerprint density at radius 3 is 2.95 bits per heavy atom. The summed E-state index contributed by atoms with van der Waals surface area (Å²) in [7, 11) is 0. The van der Waals surface area contributed by atoms with Gasteiger partial charge in [0.1, 0.15) is 6.10 Å². The number of ether oxygens (including phenoxy) is 1. The van der Waals surface area contributed by atoms with Crippen LogP contribution in [0.5, 0.6) is 0 Å². The van der Waals surface area contributed by atoms with E-state index in [0.717, 1.165) is 25.3 Å². The smallest absolute Gasteiger partial charge is 0.276 e. The number of aromatic nitrogens is 2. The molecule has 2 aliphatic heterocycles. The van der Waals surface area contributed by atoms with Gasteiger partial charge in [-0.3, -0.25) is 9.58 Å². The lowest BCUT2D eigenvalue weighted by molar-refractivity contribution is -0.0968. The van der Waals surface area contributed by atoms with Gasteiger partial charge in [0.25, 0.3) is 5.92 Å². The molecule has 1 aromatic rings. The zero-order valence-corrected chi connectivity index (χ0v) is 11.9. The van der Waals surface area contributed by atoms with Crippen LogP contribution in [0.3, 0.4) is 0 Å². The summed E-state index contributed by atoms with van der Waals surface area (Å²) in [5.74, 6) is -2.85. The fourth-order valence-electron chi connectivity index (χ4n) is 3.21. The van der Waals surface area contributed by atoms with Crippen LogP contribution in [0.2, 0.25) is 0 Å². The van der Waals surface area contributed by atoms with Gasteiger partial charge in [0, 0.05) is 32.3 Å². The highest BCUT2D eigenvalue weighted by Gasteiger charge is 2.51. The highest BCUT2D eigenvalue weighted by molar-refractivity contribution is 5.03. The minimum atomic E-state index is -2.70. The van der Waals surface area contributed by atoms with Gasteiger partial charge < -0.3 is 4.74 Å². The second-order valence-corrected chi connectivity index (χ2v) is 6.17. The van der Waals surface area contributed by atoms with Crippen LogP contribution in [0.4, 0.5) is 8.78 Å². The van der Waals surface area contributed by atoms with Crippen molar-refractivity contribution in [1.82, 2.24) is 14.7 Å². The van der Waals surface area contributed by atoms with Crippen LogP contribution in [-0.4, -0.2) is 45.9 Å². The quantitative estimate of drug-likeness (QED) is 0.852. The Morgan fingerprint density at radius 2 is 2.25 bits per heavy atom. The van der Waals surface area contributed by atoms with Crippen LogP contribution in [0.25, 0.3) is 0 Å². The number of rotatable bonds is 3. The molecule has 0 aromatic carbocycles. The molecule has 0 amide bonds. The third-order valence-corrected chi connectivity index (χ3v) is 4.14. The summed E-state index contributed by atoms with van der Waals surface area (Å²) in [5.41, 5.74) is 1.14. The molecule has 1 fully saturated rings. The molecule has 0 aliphatic carbocycles. The van der Waals surface area contributed by atoms with Crippen molar-refractivity contribution in [3.63, 3.8) is 0 Å². The Kier molecular flexibility index (Phi) is 3.54. The molecule has 1 saturated heterocycles. The molecule has 2 unspecified atom stereocenters. The zero-order chi connectivity index (χ0) is 14.3. The maximum absolute atomic E-state index is 13.9. The lowest BCUT2D eigenvalue weighted by Gasteiger charge is -2.29. The van der Waals surface area contributed by atoms with Crippen LogP contribution in [-0.2, 0) is 17.8 Å². The Morgan fingerprint density at radius 1 is 1.45 bits per heavy atom. The fraction of sp³-hybridized carbons (Fsp3) is 0.786. The molecule has 0 radical (unpaired) electrons. The van der Waals surface area contributed by atoms with E-state index in [9.17, 15) is 8.78 Å². The summed E-state index contributed by atoms with van der Waals surface area (Å²) in [6, 6.07) is 1.98. The van der Waals surface area contributed by atoms with E-state index >= 15 is 0 Å². The minimum Gasteiger partial charge on any atom is -0.367 e. The summed E-state index contributed by atoms with van der Waals surface area (Å²) in [6.07, 6.45) is 0.314. The topological polar surface area (TPSA) is 30.3 Å². The Balaban J connectivity index is 1.60. The summed E-state index contributed by atoms with van der Waals surface area (Å²) in [6.45, 7) is 6.58. The fourth-order valence-corrected chi connectivity index (χ4v) is 3.21. The molecule has 0 saturated carbocycles. The van der Waals surface area contributed by atoms with Crippen molar-refractivity contribution in [2.45, 2.75) is 51.5 Å². The van der Waals surface area contributed by atoms with Gasteiger partial charge in [0.05, 0.1) is 18.3 Å². The number of alkyl halides is 2. The number of fused-ring (bicyclic) bond motifs is 1. The highest BCUT2D eigenvalue weighted by atomic mass is 19.3. The molecule has 0 N–H and O–H groups in total. The molecular formula is C14H21F2N3O.